The zero-order valence-corrected chi connectivity index (χ0v) is 22.1. The number of amides is 1. The predicted molar refractivity (Wildman–Crippen MR) is 144 cm³/mol. The lowest BCUT2D eigenvalue weighted by Crippen LogP contribution is -2.32. The largest absolute Gasteiger partial charge is 0.505 e. The number of ether oxygens (including phenoxy) is 1. The minimum absolute atomic E-state index is 0.0757. The number of hydrogen-bond donors (Lipinski definition) is 1. The second kappa shape index (κ2) is 11.6. The molecule has 2 aromatic heterocycles. The molecular formula is C29H36N4O4. The zero-order chi connectivity index (χ0) is 26.5. The summed E-state index contributed by atoms with van der Waals surface area (Å²) in [4.78, 5) is 34.9. The average molecular weight is 505 g/mol. The molecular weight excluding hydrogens is 468 g/mol. The summed E-state index contributed by atoms with van der Waals surface area (Å²) in [5, 5.41) is 11.6. The Kier molecular flexibility index (Phi) is 8.28. The number of hydrogen-bond acceptors (Lipinski definition) is 6. The number of likely N-dealkylation sites (tertiary alicyclic amines) is 1. The smallest absolute Gasteiger partial charge is 0.295 e. The number of imidazole rings is 1. The highest BCUT2D eigenvalue weighted by molar-refractivity contribution is 6.46. The number of fused-ring (bicyclic) bond motifs is 1. The lowest BCUT2D eigenvalue weighted by molar-refractivity contribution is -0.139. The van der Waals surface area contributed by atoms with Gasteiger partial charge in [0.15, 0.2) is 5.76 Å². The van der Waals surface area contributed by atoms with Gasteiger partial charge in [0.25, 0.3) is 11.7 Å². The summed E-state index contributed by atoms with van der Waals surface area (Å²) >= 11 is 0. The molecule has 1 unspecified atom stereocenters. The molecule has 8 nitrogen and oxygen atoms in total. The van der Waals surface area contributed by atoms with Crippen LogP contribution in [-0.2, 0) is 9.59 Å². The molecule has 1 atom stereocenters. The summed E-state index contributed by atoms with van der Waals surface area (Å²) in [6, 6.07) is 12.3. The van der Waals surface area contributed by atoms with E-state index in [1.807, 2.05) is 61.5 Å². The van der Waals surface area contributed by atoms with Crippen LogP contribution in [0.3, 0.4) is 0 Å². The van der Waals surface area contributed by atoms with Crippen LogP contribution in [0, 0.1) is 6.92 Å². The molecule has 1 aromatic carbocycles. The van der Waals surface area contributed by atoms with Gasteiger partial charge >= 0.3 is 0 Å². The van der Waals surface area contributed by atoms with E-state index in [9.17, 15) is 14.7 Å². The molecule has 0 aliphatic carbocycles. The van der Waals surface area contributed by atoms with E-state index in [0.717, 1.165) is 31.4 Å². The maximum atomic E-state index is 13.4. The van der Waals surface area contributed by atoms with Crippen LogP contribution < -0.4 is 4.74 Å². The van der Waals surface area contributed by atoms with E-state index in [0.29, 0.717) is 42.4 Å². The van der Waals surface area contributed by atoms with Crippen molar-refractivity contribution in [1.29, 1.82) is 0 Å². The quantitative estimate of drug-likeness (QED) is 0.178. The molecule has 4 rings (SSSR count). The fraction of sp³-hybridized carbons (Fsp3) is 0.414. The number of pyridine rings is 1. The predicted octanol–water partition coefficient (Wildman–Crippen LogP) is 4.59. The van der Waals surface area contributed by atoms with Gasteiger partial charge < -0.3 is 19.6 Å². The molecule has 37 heavy (non-hydrogen) atoms. The summed E-state index contributed by atoms with van der Waals surface area (Å²) in [7, 11) is 3.94. The van der Waals surface area contributed by atoms with Gasteiger partial charge in [0.2, 0.25) is 0 Å². The molecule has 1 amide bonds. The summed E-state index contributed by atoms with van der Waals surface area (Å²) in [6.45, 7) is 5.68. The average Bonchev–Trinajstić information content (AvgIpc) is 3.34. The number of ketones is 1. The van der Waals surface area contributed by atoms with Crippen LogP contribution in [0.15, 0.2) is 54.2 Å². The molecule has 0 saturated carbocycles. The Morgan fingerprint density at radius 1 is 1.11 bits per heavy atom. The monoisotopic (exact) mass is 504 g/mol. The Morgan fingerprint density at radius 3 is 2.68 bits per heavy atom. The van der Waals surface area contributed by atoms with Crippen LogP contribution >= 0.6 is 0 Å². The van der Waals surface area contributed by atoms with Gasteiger partial charge in [-0.25, -0.2) is 4.98 Å². The normalized spacial score (nSPS) is 17.3. The Bertz CT molecular complexity index is 1310. The molecule has 0 radical (unpaired) electrons. The number of aliphatic hydroxyl groups excluding tert-OH is 1. The maximum Gasteiger partial charge on any atom is 0.295 e. The first-order valence-electron chi connectivity index (χ1n) is 12.9. The zero-order valence-electron chi connectivity index (χ0n) is 22.1. The molecule has 0 bridgehead atoms. The highest BCUT2D eigenvalue weighted by Gasteiger charge is 2.46. The summed E-state index contributed by atoms with van der Waals surface area (Å²) in [5.41, 5.74) is 2.45. The first-order chi connectivity index (χ1) is 17.8. The first kappa shape index (κ1) is 26.4. The molecule has 1 saturated heterocycles. The van der Waals surface area contributed by atoms with Crippen molar-refractivity contribution in [3.8, 4) is 5.75 Å². The number of unbranched alkanes of at least 4 members (excludes halogenated alkanes) is 2. The SMILES string of the molecule is CCCCCOc1cccc(C2C(=C(O)c3c(C)nc4ccccn34)C(=O)C(=O)N2CCCN(C)C)c1. The Hall–Kier alpha value is -3.65. The fourth-order valence-electron chi connectivity index (χ4n) is 4.86. The number of benzene rings is 1. The molecule has 0 spiro atoms. The lowest BCUT2D eigenvalue weighted by Gasteiger charge is -2.26. The van der Waals surface area contributed by atoms with E-state index in [1.54, 1.807) is 22.4 Å². The summed E-state index contributed by atoms with van der Waals surface area (Å²) in [6.07, 6.45) is 5.63. The van der Waals surface area contributed by atoms with Crippen LogP contribution in [-0.4, -0.2) is 69.8 Å². The number of carbonyl (C=O) groups is 2. The number of Topliss-reactive ketones (excluding diaryl/α,β-unsaturated/α-hetero) is 1. The highest BCUT2D eigenvalue weighted by Crippen LogP contribution is 2.40. The third-order valence-corrected chi connectivity index (χ3v) is 6.66. The molecule has 8 heteroatoms. The van der Waals surface area contributed by atoms with Crippen LogP contribution in [0.4, 0.5) is 0 Å². The minimum Gasteiger partial charge on any atom is -0.505 e. The Labute approximate surface area is 218 Å². The van der Waals surface area contributed by atoms with E-state index in [4.69, 9.17) is 4.74 Å². The standard InChI is InChI=1S/C29H36N4O4/c1-5-6-9-18-37-22-13-10-12-21(19-22)26-24(28(35)29(36)33(26)17-11-15-31(3)4)27(34)25-20(2)30-23-14-7-8-16-32(23)25/h7-8,10,12-14,16,19,26,34H,5-6,9,11,15,17-18H2,1-4H3. The van der Waals surface area contributed by atoms with Crippen molar-refractivity contribution in [2.75, 3.05) is 33.8 Å². The second-order valence-corrected chi connectivity index (χ2v) is 9.75. The van der Waals surface area contributed by atoms with Crippen LogP contribution in [0.5, 0.6) is 5.75 Å². The second-order valence-electron chi connectivity index (χ2n) is 9.75. The van der Waals surface area contributed by atoms with Gasteiger partial charge in [-0.2, -0.15) is 0 Å². The van der Waals surface area contributed by atoms with Crippen molar-refractivity contribution in [2.24, 2.45) is 0 Å². The Balaban J connectivity index is 1.80. The highest BCUT2D eigenvalue weighted by atomic mass is 16.5. The van der Waals surface area contributed by atoms with E-state index >= 15 is 0 Å². The first-order valence-corrected chi connectivity index (χ1v) is 12.9. The number of aliphatic hydroxyl groups is 1. The van der Waals surface area contributed by atoms with Gasteiger partial charge in [0, 0.05) is 12.7 Å². The third-order valence-electron chi connectivity index (χ3n) is 6.66. The van der Waals surface area contributed by atoms with Crippen molar-refractivity contribution >= 4 is 23.1 Å². The molecule has 196 valence electrons. The molecule has 3 aromatic rings. The van der Waals surface area contributed by atoms with E-state index in [1.165, 1.54) is 0 Å². The maximum absolute atomic E-state index is 13.4. The van der Waals surface area contributed by atoms with Gasteiger partial charge in [-0.05, 0) is 70.2 Å². The lowest BCUT2D eigenvalue weighted by atomic mass is 9.96. The van der Waals surface area contributed by atoms with Crippen LogP contribution in [0.1, 0.15) is 55.6 Å². The molecule has 1 N–H and O–H groups in total. The molecule has 1 aliphatic heterocycles. The van der Waals surface area contributed by atoms with E-state index in [-0.39, 0.29) is 11.3 Å². The number of aryl methyl sites for hydroxylation is 1. The van der Waals surface area contributed by atoms with Gasteiger partial charge in [0.1, 0.15) is 17.1 Å². The molecule has 1 fully saturated rings. The number of aromatic nitrogens is 2. The van der Waals surface area contributed by atoms with Gasteiger partial charge in [-0.15, -0.1) is 0 Å². The number of carbonyl (C=O) groups excluding carboxylic acids is 2. The summed E-state index contributed by atoms with van der Waals surface area (Å²) < 4.78 is 7.71. The van der Waals surface area contributed by atoms with Crippen molar-refractivity contribution in [2.45, 2.75) is 45.6 Å². The van der Waals surface area contributed by atoms with Crippen molar-refractivity contribution in [3.63, 3.8) is 0 Å². The van der Waals surface area contributed by atoms with Gasteiger partial charge in [-0.3, -0.25) is 14.0 Å². The van der Waals surface area contributed by atoms with Crippen molar-refractivity contribution < 1.29 is 19.4 Å². The van der Waals surface area contributed by atoms with Crippen LogP contribution in [0.25, 0.3) is 11.4 Å². The Morgan fingerprint density at radius 2 is 1.92 bits per heavy atom. The van der Waals surface area contributed by atoms with Crippen LogP contribution in [0.2, 0.25) is 0 Å². The van der Waals surface area contributed by atoms with Crippen molar-refractivity contribution in [1.82, 2.24) is 19.2 Å². The van der Waals surface area contributed by atoms with Gasteiger partial charge in [0.05, 0.1) is 23.9 Å². The third kappa shape index (κ3) is 5.54. The molecule has 1 aliphatic rings. The summed E-state index contributed by atoms with van der Waals surface area (Å²) in [5.74, 6) is -0.833. The topological polar surface area (TPSA) is 87.4 Å². The fourth-order valence-corrected chi connectivity index (χ4v) is 4.86. The van der Waals surface area contributed by atoms with Gasteiger partial charge in [-0.1, -0.05) is 38.0 Å². The minimum atomic E-state index is -0.727. The number of rotatable bonds is 11. The number of nitrogens with zero attached hydrogens (tertiary/aromatic N) is 4. The molecule has 3 heterocycles. The van der Waals surface area contributed by atoms with E-state index < -0.39 is 17.7 Å². The van der Waals surface area contributed by atoms with E-state index in [2.05, 4.69) is 11.9 Å². The van der Waals surface area contributed by atoms with Crippen molar-refractivity contribution in [3.05, 3.63) is 71.2 Å².